The summed E-state index contributed by atoms with van der Waals surface area (Å²) in [5, 5.41) is 10.0. The molecule has 0 aliphatic heterocycles. The summed E-state index contributed by atoms with van der Waals surface area (Å²) in [6.07, 6.45) is -4.36. The summed E-state index contributed by atoms with van der Waals surface area (Å²) in [5.74, 6) is -2.08. The summed E-state index contributed by atoms with van der Waals surface area (Å²) in [6, 6.07) is 11.7. The lowest BCUT2D eigenvalue weighted by Crippen LogP contribution is -2.17. The molecule has 0 fully saturated rings. The number of esters is 1. The van der Waals surface area contributed by atoms with Crippen LogP contribution in [0.1, 0.15) is 22.5 Å². The summed E-state index contributed by atoms with van der Waals surface area (Å²) in [5.41, 5.74) is 1.31. The number of nitrogens with zero attached hydrogens (tertiary/aromatic N) is 1. The van der Waals surface area contributed by atoms with Crippen molar-refractivity contribution in [2.45, 2.75) is 19.2 Å². The van der Waals surface area contributed by atoms with Crippen LogP contribution in [-0.2, 0) is 16.0 Å². The smallest absolute Gasteiger partial charge is 0.477 e. The van der Waals surface area contributed by atoms with Gasteiger partial charge in [-0.2, -0.15) is 0 Å². The fourth-order valence-electron chi connectivity index (χ4n) is 3.01. The zero-order valence-electron chi connectivity index (χ0n) is 15.2. The van der Waals surface area contributed by atoms with Crippen molar-refractivity contribution in [3.63, 3.8) is 0 Å². The fraction of sp³-hybridized carbons (Fsp3) is 0.200. The summed E-state index contributed by atoms with van der Waals surface area (Å²) >= 11 is 0. The monoisotopic (exact) mass is 407 g/mol. The summed E-state index contributed by atoms with van der Waals surface area (Å²) < 4.78 is 47.6. The molecule has 152 valence electrons. The highest BCUT2D eigenvalue weighted by Gasteiger charge is 2.31. The van der Waals surface area contributed by atoms with Crippen molar-refractivity contribution in [3.8, 4) is 11.4 Å². The number of carbonyl (C=O) groups excluding carboxylic acids is 1. The first-order valence-electron chi connectivity index (χ1n) is 8.48. The SMILES string of the molecule is COC(=O)CCc1cccc(-n2c(C(=O)O)cc3ccc(OC(F)(F)F)cc32)c1. The third-order valence-corrected chi connectivity index (χ3v) is 4.24. The Morgan fingerprint density at radius 2 is 1.86 bits per heavy atom. The van der Waals surface area contributed by atoms with Crippen LogP contribution in [-0.4, -0.2) is 35.1 Å². The van der Waals surface area contributed by atoms with Gasteiger partial charge in [-0.05, 0) is 42.3 Å². The Morgan fingerprint density at radius 1 is 1.10 bits per heavy atom. The number of alkyl halides is 3. The lowest BCUT2D eigenvalue weighted by molar-refractivity contribution is -0.274. The molecule has 0 bridgehead atoms. The van der Waals surface area contributed by atoms with Crippen LogP contribution >= 0.6 is 0 Å². The Labute approximate surface area is 163 Å². The number of methoxy groups -OCH3 is 1. The molecule has 0 atom stereocenters. The summed E-state index contributed by atoms with van der Waals surface area (Å²) in [4.78, 5) is 23.1. The molecule has 29 heavy (non-hydrogen) atoms. The zero-order chi connectivity index (χ0) is 21.2. The van der Waals surface area contributed by atoms with Crippen LogP contribution in [0.15, 0.2) is 48.5 Å². The van der Waals surface area contributed by atoms with Crippen molar-refractivity contribution < 1.29 is 37.3 Å². The van der Waals surface area contributed by atoms with E-state index in [1.54, 1.807) is 24.3 Å². The Kier molecular flexibility index (Phi) is 5.49. The molecule has 0 saturated carbocycles. The highest BCUT2D eigenvalue weighted by atomic mass is 19.4. The average Bonchev–Trinajstić information content (AvgIpc) is 3.04. The van der Waals surface area contributed by atoms with E-state index in [0.717, 1.165) is 17.7 Å². The molecule has 2 aromatic carbocycles. The van der Waals surface area contributed by atoms with E-state index in [1.165, 1.54) is 23.8 Å². The minimum atomic E-state index is -4.87. The predicted octanol–water partition coefficient (Wildman–Crippen LogP) is 4.33. The van der Waals surface area contributed by atoms with Crippen molar-refractivity contribution >= 4 is 22.8 Å². The first-order chi connectivity index (χ1) is 13.7. The van der Waals surface area contributed by atoms with E-state index in [1.807, 2.05) is 0 Å². The topological polar surface area (TPSA) is 77.8 Å². The van der Waals surface area contributed by atoms with Crippen LogP contribution in [0, 0.1) is 0 Å². The summed E-state index contributed by atoms with van der Waals surface area (Å²) in [7, 11) is 1.28. The van der Waals surface area contributed by atoms with Gasteiger partial charge < -0.3 is 19.1 Å². The maximum atomic E-state index is 12.6. The van der Waals surface area contributed by atoms with Crippen LogP contribution in [0.5, 0.6) is 5.75 Å². The number of hydrogen-bond donors (Lipinski definition) is 1. The number of aromatic carboxylic acids is 1. The standard InChI is InChI=1S/C20H16F3NO5/c1-28-18(25)8-5-12-3-2-4-14(9-12)24-16-11-15(29-20(21,22)23)7-6-13(16)10-17(24)19(26)27/h2-4,6-7,9-11H,5,8H2,1H3,(H,26,27). The first kappa shape index (κ1) is 20.2. The molecule has 3 aromatic rings. The molecule has 6 nitrogen and oxygen atoms in total. The van der Waals surface area contributed by atoms with Crippen LogP contribution in [0.3, 0.4) is 0 Å². The molecule has 0 aliphatic carbocycles. The number of hydrogen-bond acceptors (Lipinski definition) is 4. The van der Waals surface area contributed by atoms with Gasteiger partial charge in [0.05, 0.1) is 12.6 Å². The molecule has 1 heterocycles. The second kappa shape index (κ2) is 7.86. The molecule has 1 N–H and O–H groups in total. The Balaban J connectivity index is 2.09. The molecule has 0 spiro atoms. The number of aromatic nitrogens is 1. The highest BCUT2D eigenvalue weighted by Crippen LogP contribution is 2.31. The van der Waals surface area contributed by atoms with E-state index >= 15 is 0 Å². The van der Waals surface area contributed by atoms with Crippen molar-refractivity contribution in [2.75, 3.05) is 7.11 Å². The van der Waals surface area contributed by atoms with Gasteiger partial charge in [-0.25, -0.2) is 4.79 Å². The maximum absolute atomic E-state index is 12.6. The van der Waals surface area contributed by atoms with Gasteiger partial charge in [0.2, 0.25) is 0 Å². The van der Waals surface area contributed by atoms with E-state index in [2.05, 4.69) is 9.47 Å². The van der Waals surface area contributed by atoms with E-state index in [-0.39, 0.29) is 23.6 Å². The number of rotatable bonds is 6. The Hall–Kier alpha value is -3.49. The quantitative estimate of drug-likeness (QED) is 0.616. The van der Waals surface area contributed by atoms with E-state index in [0.29, 0.717) is 17.5 Å². The van der Waals surface area contributed by atoms with E-state index < -0.39 is 18.1 Å². The highest BCUT2D eigenvalue weighted by molar-refractivity contribution is 5.96. The summed E-state index contributed by atoms with van der Waals surface area (Å²) in [6.45, 7) is 0. The number of carboxylic acid groups (broad SMARTS) is 1. The van der Waals surface area contributed by atoms with Crippen molar-refractivity contribution in [1.29, 1.82) is 0 Å². The minimum absolute atomic E-state index is 0.116. The van der Waals surface area contributed by atoms with Crippen molar-refractivity contribution in [3.05, 3.63) is 59.8 Å². The third-order valence-electron chi connectivity index (χ3n) is 4.24. The second-order valence-corrected chi connectivity index (χ2v) is 6.18. The third kappa shape index (κ3) is 4.68. The molecule has 1 aromatic heterocycles. The van der Waals surface area contributed by atoms with Crippen LogP contribution in [0.4, 0.5) is 13.2 Å². The van der Waals surface area contributed by atoms with Crippen molar-refractivity contribution in [1.82, 2.24) is 4.57 Å². The second-order valence-electron chi connectivity index (χ2n) is 6.18. The number of ether oxygens (including phenoxy) is 2. The number of fused-ring (bicyclic) bond motifs is 1. The Bertz CT molecular complexity index is 1070. The molecule has 0 radical (unpaired) electrons. The maximum Gasteiger partial charge on any atom is 0.573 e. The largest absolute Gasteiger partial charge is 0.573 e. The first-order valence-corrected chi connectivity index (χ1v) is 8.48. The average molecular weight is 407 g/mol. The van der Waals surface area contributed by atoms with E-state index in [4.69, 9.17) is 0 Å². The number of carboxylic acids is 1. The predicted molar refractivity (Wildman–Crippen MR) is 97.3 cm³/mol. The number of halogens is 3. The molecule has 0 aliphatic rings. The van der Waals surface area contributed by atoms with Gasteiger partial charge in [0.15, 0.2) is 0 Å². The molecule has 3 rings (SSSR count). The van der Waals surface area contributed by atoms with Gasteiger partial charge in [-0.3, -0.25) is 4.79 Å². The minimum Gasteiger partial charge on any atom is -0.477 e. The number of aryl methyl sites for hydroxylation is 1. The molecule has 0 amide bonds. The van der Waals surface area contributed by atoms with E-state index in [9.17, 15) is 27.9 Å². The molecule has 0 unspecified atom stereocenters. The molecular weight excluding hydrogens is 391 g/mol. The van der Waals surface area contributed by atoms with Crippen LogP contribution in [0.25, 0.3) is 16.6 Å². The van der Waals surface area contributed by atoms with Crippen LogP contribution < -0.4 is 4.74 Å². The van der Waals surface area contributed by atoms with Gasteiger partial charge in [0, 0.05) is 23.6 Å². The molecule has 9 heteroatoms. The number of benzene rings is 2. The molecule has 0 saturated heterocycles. The van der Waals surface area contributed by atoms with Gasteiger partial charge in [-0.15, -0.1) is 13.2 Å². The molecular formula is C20H16F3NO5. The van der Waals surface area contributed by atoms with Gasteiger partial charge in [-0.1, -0.05) is 12.1 Å². The van der Waals surface area contributed by atoms with Crippen molar-refractivity contribution in [2.24, 2.45) is 0 Å². The fourth-order valence-corrected chi connectivity index (χ4v) is 3.01. The lowest BCUT2D eigenvalue weighted by atomic mass is 10.1. The zero-order valence-corrected chi connectivity index (χ0v) is 15.2. The Morgan fingerprint density at radius 3 is 2.52 bits per heavy atom. The number of carbonyl (C=O) groups is 2. The van der Waals surface area contributed by atoms with Gasteiger partial charge in [0.25, 0.3) is 0 Å². The normalized spacial score (nSPS) is 11.4. The van der Waals surface area contributed by atoms with Crippen LogP contribution in [0.2, 0.25) is 0 Å². The lowest BCUT2D eigenvalue weighted by Gasteiger charge is -2.12. The van der Waals surface area contributed by atoms with Gasteiger partial charge in [0.1, 0.15) is 11.4 Å². The van der Waals surface area contributed by atoms with Gasteiger partial charge >= 0.3 is 18.3 Å².